The number of rotatable bonds is 5. The summed E-state index contributed by atoms with van der Waals surface area (Å²) >= 11 is 0. The molecule has 2 saturated heterocycles. The van der Waals surface area contributed by atoms with Crippen LogP contribution < -0.4 is 4.90 Å². The van der Waals surface area contributed by atoms with E-state index in [1.807, 2.05) is 9.47 Å². The van der Waals surface area contributed by atoms with Crippen molar-refractivity contribution in [3.05, 3.63) is 48.0 Å². The van der Waals surface area contributed by atoms with Gasteiger partial charge in [0.15, 0.2) is 17.0 Å². The Bertz CT molecular complexity index is 1150. The third-order valence-corrected chi connectivity index (χ3v) is 6.23. The van der Waals surface area contributed by atoms with E-state index < -0.39 is 0 Å². The Kier molecular flexibility index (Phi) is 5.00. The van der Waals surface area contributed by atoms with Gasteiger partial charge in [0.1, 0.15) is 6.33 Å². The van der Waals surface area contributed by atoms with Gasteiger partial charge >= 0.3 is 0 Å². The number of nitrogens with zero attached hydrogens (tertiary/aromatic N) is 7. The Labute approximate surface area is 179 Å². The molecule has 0 spiro atoms. The first-order chi connectivity index (χ1) is 15.2. The van der Waals surface area contributed by atoms with Crippen LogP contribution in [-0.4, -0.2) is 70.2 Å². The van der Waals surface area contributed by atoms with E-state index >= 15 is 0 Å². The number of methoxy groups -OCH3 is 1. The number of benzene rings is 1. The standard InChI is InChI=1S/C22H23N7O2/c1-31-6-5-27-14-26-19-20(27)24-13-25-21(19)28-9-17-11-29(12-18(17)10-28)22(30)16-4-2-3-15(7-16)8-23/h2-4,7,13-14,17-18H,5-6,9-12H2,1H3. The van der Waals surface area contributed by atoms with E-state index in [0.717, 1.165) is 30.1 Å². The van der Waals surface area contributed by atoms with Gasteiger partial charge in [-0.05, 0) is 18.2 Å². The maximum atomic E-state index is 12.9. The quantitative estimate of drug-likeness (QED) is 0.621. The molecule has 31 heavy (non-hydrogen) atoms. The zero-order valence-electron chi connectivity index (χ0n) is 17.3. The first-order valence-corrected chi connectivity index (χ1v) is 10.4. The van der Waals surface area contributed by atoms with Crippen molar-refractivity contribution in [2.75, 3.05) is 44.8 Å². The van der Waals surface area contributed by atoms with E-state index in [1.165, 1.54) is 0 Å². The second-order valence-corrected chi connectivity index (χ2v) is 8.13. The number of hydrogen-bond acceptors (Lipinski definition) is 7. The fourth-order valence-corrected chi connectivity index (χ4v) is 4.69. The minimum absolute atomic E-state index is 0.000590. The first kappa shape index (κ1) is 19.5. The molecule has 0 saturated carbocycles. The van der Waals surface area contributed by atoms with Crippen molar-refractivity contribution in [3.63, 3.8) is 0 Å². The van der Waals surface area contributed by atoms with E-state index in [2.05, 4.69) is 25.9 Å². The summed E-state index contributed by atoms with van der Waals surface area (Å²) in [5, 5.41) is 9.09. The van der Waals surface area contributed by atoms with Crippen LogP contribution in [0.15, 0.2) is 36.9 Å². The monoisotopic (exact) mass is 417 g/mol. The molecule has 9 nitrogen and oxygen atoms in total. The third kappa shape index (κ3) is 3.49. The molecule has 0 N–H and O–H groups in total. The van der Waals surface area contributed by atoms with Crippen molar-refractivity contribution in [1.82, 2.24) is 24.4 Å². The molecule has 9 heteroatoms. The van der Waals surface area contributed by atoms with Crippen LogP contribution in [-0.2, 0) is 11.3 Å². The number of likely N-dealkylation sites (tertiary alicyclic amines) is 1. The molecule has 2 unspecified atom stereocenters. The van der Waals surface area contributed by atoms with Gasteiger partial charge in [0.2, 0.25) is 0 Å². The van der Waals surface area contributed by atoms with Gasteiger partial charge in [-0.1, -0.05) is 6.07 Å². The molecule has 2 aliphatic heterocycles. The predicted molar refractivity (Wildman–Crippen MR) is 113 cm³/mol. The summed E-state index contributed by atoms with van der Waals surface area (Å²) in [6.45, 7) is 4.40. The van der Waals surface area contributed by atoms with Crippen LogP contribution in [0.1, 0.15) is 15.9 Å². The van der Waals surface area contributed by atoms with Crippen molar-refractivity contribution in [1.29, 1.82) is 5.26 Å². The summed E-state index contributed by atoms with van der Waals surface area (Å²) in [7, 11) is 1.68. The third-order valence-electron chi connectivity index (χ3n) is 6.23. The van der Waals surface area contributed by atoms with Crippen molar-refractivity contribution in [2.24, 2.45) is 11.8 Å². The van der Waals surface area contributed by atoms with Crippen LogP contribution in [0.4, 0.5) is 5.82 Å². The average Bonchev–Trinajstić information content (AvgIpc) is 3.50. The Morgan fingerprint density at radius 2 is 2.00 bits per heavy atom. The van der Waals surface area contributed by atoms with E-state index in [0.29, 0.717) is 49.2 Å². The van der Waals surface area contributed by atoms with Gasteiger partial charge in [-0.2, -0.15) is 5.26 Å². The van der Waals surface area contributed by atoms with Crippen molar-refractivity contribution < 1.29 is 9.53 Å². The summed E-state index contributed by atoms with van der Waals surface area (Å²) in [6.07, 6.45) is 3.38. The zero-order chi connectivity index (χ0) is 21.4. The molecule has 0 radical (unpaired) electrons. The maximum absolute atomic E-state index is 12.9. The van der Waals surface area contributed by atoms with Gasteiger partial charge in [-0.3, -0.25) is 4.79 Å². The number of fused-ring (bicyclic) bond motifs is 2. The van der Waals surface area contributed by atoms with Gasteiger partial charge in [0.25, 0.3) is 5.91 Å². The number of carbonyl (C=O) groups excluding carboxylic acids is 1. The van der Waals surface area contributed by atoms with Gasteiger partial charge in [-0.15, -0.1) is 0 Å². The second kappa shape index (κ2) is 7.96. The molecule has 2 fully saturated rings. The lowest BCUT2D eigenvalue weighted by molar-refractivity contribution is 0.0782. The van der Waals surface area contributed by atoms with Crippen LogP contribution in [0.2, 0.25) is 0 Å². The van der Waals surface area contributed by atoms with Crippen molar-refractivity contribution in [2.45, 2.75) is 6.54 Å². The molecule has 158 valence electrons. The SMILES string of the molecule is COCCn1cnc2c(N3CC4CN(C(=O)c5cccc(C#N)c5)CC4C3)ncnc21. The molecule has 4 heterocycles. The van der Waals surface area contributed by atoms with Crippen LogP contribution in [0.25, 0.3) is 11.2 Å². The fourth-order valence-electron chi connectivity index (χ4n) is 4.69. The molecule has 2 aliphatic rings. The van der Waals surface area contributed by atoms with Gasteiger partial charge in [-0.25, -0.2) is 15.0 Å². The zero-order valence-corrected chi connectivity index (χ0v) is 17.3. The summed E-state index contributed by atoms with van der Waals surface area (Å²) in [4.78, 5) is 30.6. The number of nitriles is 1. The molecule has 0 bridgehead atoms. The van der Waals surface area contributed by atoms with E-state index in [-0.39, 0.29) is 5.91 Å². The lowest BCUT2D eigenvalue weighted by Crippen LogP contribution is -2.33. The minimum atomic E-state index is -0.000590. The minimum Gasteiger partial charge on any atom is -0.383 e. The molecule has 1 amide bonds. The summed E-state index contributed by atoms with van der Waals surface area (Å²) < 4.78 is 7.15. The van der Waals surface area contributed by atoms with E-state index in [4.69, 9.17) is 10.00 Å². The Morgan fingerprint density at radius 1 is 1.19 bits per heavy atom. The molecule has 0 aliphatic carbocycles. The van der Waals surface area contributed by atoms with Crippen LogP contribution in [0.3, 0.4) is 0 Å². The molecule has 2 aromatic heterocycles. The number of imidazole rings is 1. The number of hydrogen-bond donors (Lipinski definition) is 0. The van der Waals surface area contributed by atoms with Gasteiger partial charge < -0.3 is 19.1 Å². The molecule has 3 aromatic rings. The highest BCUT2D eigenvalue weighted by molar-refractivity contribution is 5.94. The number of ether oxygens (including phenoxy) is 1. The fraction of sp³-hybridized carbons (Fsp3) is 0.409. The van der Waals surface area contributed by atoms with Gasteiger partial charge in [0.05, 0.1) is 24.6 Å². The highest BCUT2D eigenvalue weighted by Crippen LogP contribution is 2.35. The Morgan fingerprint density at radius 3 is 2.74 bits per heavy atom. The molecule has 5 rings (SSSR count). The Hall–Kier alpha value is -3.51. The summed E-state index contributed by atoms with van der Waals surface area (Å²) in [5.74, 6) is 1.64. The summed E-state index contributed by atoms with van der Waals surface area (Å²) in [5.41, 5.74) is 2.71. The van der Waals surface area contributed by atoms with Crippen molar-refractivity contribution >= 4 is 22.9 Å². The van der Waals surface area contributed by atoms with Crippen LogP contribution in [0, 0.1) is 23.2 Å². The summed E-state index contributed by atoms with van der Waals surface area (Å²) in [6, 6.07) is 9.02. The number of aromatic nitrogens is 4. The highest BCUT2D eigenvalue weighted by atomic mass is 16.5. The van der Waals surface area contributed by atoms with Crippen LogP contribution in [0.5, 0.6) is 0 Å². The topological polar surface area (TPSA) is 100 Å². The predicted octanol–water partition coefficient (Wildman–Crippen LogP) is 1.55. The molecule has 1 aromatic carbocycles. The highest BCUT2D eigenvalue weighted by Gasteiger charge is 2.42. The van der Waals surface area contributed by atoms with Gasteiger partial charge in [0, 0.05) is 57.2 Å². The molecular formula is C22H23N7O2. The lowest BCUT2D eigenvalue weighted by Gasteiger charge is -2.22. The second-order valence-electron chi connectivity index (χ2n) is 8.13. The Balaban J connectivity index is 1.30. The van der Waals surface area contributed by atoms with Crippen molar-refractivity contribution in [3.8, 4) is 6.07 Å². The average molecular weight is 417 g/mol. The van der Waals surface area contributed by atoms with Crippen LogP contribution >= 0.6 is 0 Å². The largest absolute Gasteiger partial charge is 0.383 e. The smallest absolute Gasteiger partial charge is 0.253 e. The number of carbonyl (C=O) groups is 1. The lowest BCUT2D eigenvalue weighted by atomic mass is 10.0. The first-order valence-electron chi connectivity index (χ1n) is 10.4. The molecule has 2 atom stereocenters. The number of anilines is 1. The normalized spacial score (nSPS) is 20.3. The van der Waals surface area contributed by atoms with E-state index in [1.54, 1.807) is 44.0 Å². The van der Waals surface area contributed by atoms with E-state index in [9.17, 15) is 4.79 Å². The molecular weight excluding hydrogens is 394 g/mol. The number of amides is 1. The maximum Gasteiger partial charge on any atom is 0.253 e.